The van der Waals surface area contributed by atoms with Gasteiger partial charge in [-0.15, -0.1) is 0 Å². The average Bonchev–Trinajstić information content (AvgIpc) is 2.42. The predicted octanol–water partition coefficient (Wildman–Crippen LogP) is 4.49. The first kappa shape index (κ1) is 20.6. The first-order valence-corrected chi connectivity index (χ1v) is 7.84. The van der Waals surface area contributed by atoms with Crippen molar-refractivity contribution in [3.63, 3.8) is 0 Å². The van der Waals surface area contributed by atoms with E-state index in [-0.39, 0.29) is 12.6 Å². The lowest BCUT2D eigenvalue weighted by molar-refractivity contribution is -0.167. The van der Waals surface area contributed by atoms with Gasteiger partial charge in [-0.05, 0) is 18.9 Å². The van der Waals surface area contributed by atoms with Crippen molar-refractivity contribution in [3.05, 3.63) is 0 Å². The Labute approximate surface area is 125 Å². The third kappa shape index (κ3) is 9.30. The topological polar surface area (TPSA) is 21.3 Å². The highest BCUT2D eigenvalue weighted by Crippen LogP contribution is 2.23. The maximum absolute atomic E-state index is 12.8. The van der Waals surface area contributed by atoms with Crippen LogP contribution < -0.4 is 5.32 Å². The van der Waals surface area contributed by atoms with Crippen molar-refractivity contribution in [1.29, 1.82) is 0 Å². The summed E-state index contributed by atoms with van der Waals surface area (Å²) in [4.78, 5) is 0. The van der Waals surface area contributed by atoms with Gasteiger partial charge in [0.1, 0.15) is 6.61 Å². The molecule has 128 valence electrons. The zero-order valence-electron chi connectivity index (χ0n) is 13.3. The van der Waals surface area contributed by atoms with Gasteiger partial charge in [-0.25, -0.2) is 8.78 Å². The molecule has 1 N–H and O–H groups in total. The number of ether oxygens (including phenoxy) is 1. The SMILES string of the molecule is CCCCC(CC)CC(COCC(F)(F)C(F)F)NCC. The van der Waals surface area contributed by atoms with E-state index in [0.717, 1.165) is 32.1 Å². The Morgan fingerprint density at radius 3 is 2.29 bits per heavy atom. The normalized spacial score (nSPS) is 15.4. The van der Waals surface area contributed by atoms with Gasteiger partial charge >= 0.3 is 12.3 Å². The molecule has 6 heteroatoms. The molecule has 0 amide bonds. The number of halogens is 4. The number of hydrogen-bond acceptors (Lipinski definition) is 2. The Bertz CT molecular complexity index is 252. The molecule has 2 unspecified atom stereocenters. The molecule has 0 aliphatic carbocycles. The molecule has 21 heavy (non-hydrogen) atoms. The van der Waals surface area contributed by atoms with Gasteiger partial charge in [0.2, 0.25) is 0 Å². The maximum atomic E-state index is 12.8. The van der Waals surface area contributed by atoms with Crippen molar-refractivity contribution < 1.29 is 22.3 Å². The quantitative estimate of drug-likeness (QED) is 0.506. The van der Waals surface area contributed by atoms with Crippen LogP contribution in [0.2, 0.25) is 0 Å². The summed E-state index contributed by atoms with van der Waals surface area (Å²) in [6.07, 6.45) is 1.53. The highest BCUT2D eigenvalue weighted by Gasteiger charge is 2.41. The number of nitrogens with one attached hydrogen (secondary N) is 1. The van der Waals surface area contributed by atoms with Gasteiger partial charge in [-0.3, -0.25) is 0 Å². The van der Waals surface area contributed by atoms with Crippen LogP contribution in [0.3, 0.4) is 0 Å². The lowest BCUT2D eigenvalue weighted by Gasteiger charge is -2.24. The van der Waals surface area contributed by atoms with Gasteiger partial charge < -0.3 is 10.1 Å². The number of rotatable bonds is 13. The minimum Gasteiger partial charge on any atom is -0.373 e. The smallest absolute Gasteiger partial charge is 0.330 e. The number of alkyl halides is 4. The van der Waals surface area contributed by atoms with Gasteiger partial charge in [-0.1, -0.05) is 46.5 Å². The highest BCUT2D eigenvalue weighted by atomic mass is 19.3. The zero-order valence-corrected chi connectivity index (χ0v) is 13.3. The Morgan fingerprint density at radius 2 is 1.81 bits per heavy atom. The van der Waals surface area contributed by atoms with Crippen LogP contribution in [0.5, 0.6) is 0 Å². The predicted molar refractivity (Wildman–Crippen MR) is 77.2 cm³/mol. The van der Waals surface area contributed by atoms with Crippen LogP contribution in [-0.2, 0) is 4.74 Å². The van der Waals surface area contributed by atoms with E-state index >= 15 is 0 Å². The third-order valence-corrected chi connectivity index (χ3v) is 3.59. The summed E-state index contributed by atoms with van der Waals surface area (Å²) in [5, 5.41) is 3.18. The molecule has 0 aliphatic heterocycles. The van der Waals surface area contributed by atoms with E-state index in [4.69, 9.17) is 4.74 Å². The minimum absolute atomic E-state index is 0.0405. The van der Waals surface area contributed by atoms with Gasteiger partial charge in [0, 0.05) is 6.04 Å². The molecule has 0 saturated carbocycles. The van der Waals surface area contributed by atoms with E-state index in [1.165, 1.54) is 0 Å². The molecule has 0 spiro atoms. The Kier molecular flexibility index (Phi) is 11.0. The second-order valence-electron chi connectivity index (χ2n) is 5.48. The zero-order chi connectivity index (χ0) is 16.3. The molecule has 0 aromatic heterocycles. The van der Waals surface area contributed by atoms with Crippen molar-refractivity contribution in [1.82, 2.24) is 5.32 Å². The fourth-order valence-corrected chi connectivity index (χ4v) is 2.28. The van der Waals surface area contributed by atoms with Crippen molar-refractivity contribution in [2.45, 2.75) is 71.3 Å². The fraction of sp³-hybridized carbons (Fsp3) is 1.00. The number of hydrogen-bond donors (Lipinski definition) is 1. The second kappa shape index (κ2) is 11.2. The minimum atomic E-state index is -4.07. The van der Waals surface area contributed by atoms with Crippen LogP contribution in [0, 0.1) is 5.92 Å². The van der Waals surface area contributed by atoms with Crippen molar-refractivity contribution >= 4 is 0 Å². The molecule has 0 radical (unpaired) electrons. The molecule has 0 aromatic rings. The standard InChI is InChI=1S/C15H29F4NO/c1-4-7-8-12(5-2)9-13(20-6-3)10-21-11-15(18,19)14(16)17/h12-14,20H,4-11H2,1-3H3. The summed E-state index contributed by atoms with van der Waals surface area (Å²) in [7, 11) is 0. The summed E-state index contributed by atoms with van der Waals surface area (Å²) >= 11 is 0. The maximum Gasteiger partial charge on any atom is 0.330 e. The molecular weight excluding hydrogens is 286 g/mol. The molecule has 2 nitrogen and oxygen atoms in total. The van der Waals surface area contributed by atoms with Gasteiger partial charge in [0.15, 0.2) is 0 Å². The van der Waals surface area contributed by atoms with Crippen molar-refractivity contribution in [3.8, 4) is 0 Å². The van der Waals surface area contributed by atoms with Crippen LogP contribution in [0.15, 0.2) is 0 Å². The monoisotopic (exact) mass is 315 g/mol. The van der Waals surface area contributed by atoms with Crippen molar-refractivity contribution in [2.24, 2.45) is 5.92 Å². The van der Waals surface area contributed by atoms with Crippen LogP contribution in [-0.4, -0.2) is 38.1 Å². The molecule has 0 aliphatic rings. The van der Waals surface area contributed by atoms with E-state index in [2.05, 4.69) is 19.2 Å². The summed E-state index contributed by atoms with van der Waals surface area (Å²) in [5.74, 6) is -3.56. The third-order valence-electron chi connectivity index (χ3n) is 3.59. The van der Waals surface area contributed by atoms with Crippen LogP contribution in [0.1, 0.15) is 52.9 Å². The van der Waals surface area contributed by atoms with E-state index in [0.29, 0.717) is 12.5 Å². The molecule has 0 bridgehead atoms. The number of likely N-dealkylation sites (N-methyl/N-ethyl adjacent to an activating group) is 1. The van der Waals surface area contributed by atoms with E-state index in [1.807, 2.05) is 6.92 Å². The van der Waals surface area contributed by atoms with E-state index in [1.54, 1.807) is 0 Å². The molecule has 0 rings (SSSR count). The summed E-state index contributed by atoms with van der Waals surface area (Å²) in [6, 6.07) is -0.0646. The largest absolute Gasteiger partial charge is 0.373 e. The van der Waals surface area contributed by atoms with Gasteiger partial charge in [-0.2, -0.15) is 8.78 Å². The molecule has 0 aromatic carbocycles. The summed E-state index contributed by atoms with van der Waals surface area (Å²) < 4.78 is 54.5. The second-order valence-corrected chi connectivity index (χ2v) is 5.48. The first-order chi connectivity index (χ1) is 9.87. The lowest BCUT2D eigenvalue weighted by Crippen LogP contribution is -2.38. The van der Waals surface area contributed by atoms with E-state index in [9.17, 15) is 17.6 Å². The van der Waals surface area contributed by atoms with Crippen LogP contribution in [0.4, 0.5) is 17.6 Å². The van der Waals surface area contributed by atoms with Crippen LogP contribution in [0.25, 0.3) is 0 Å². The molecule has 0 saturated heterocycles. The number of unbranched alkanes of at least 4 members (excludes halogenated alkanes) is 1. The Hall–Kier alpha value is -0.360. The molecule has 2 atom stereocenters. The molecular formula is C15H29F4NO. The molecule has 0 heterocycles. The average molecular weight is 315 g/mol. The summed E-state index contributed by atoms with van der Waals surface area (Å²) in [6.45, 7) is 5.67. The Morgan fingerprint density at radius 1 is 1.14 bits per heavy atom. The van der Waals surface area contributed by atoms with Crippen molar-refractivity contribution in [2.75, 3.05) is 19.8 Å². The van der Waals surface area contributed by atoms with E-state index < -0.39 is 19.0 Å². The van der Waals surface area contributed by atoms with Crippen LogP contribution >= 0.6 is 0 Å². The fourth-order valence-electron chi connectivity index (χ4n) is 2.28. The lowest BCUT2D eigenvalue weighted by atomic mass is 9.92. The van der Waals surface area contributed by atoms with Gasteiger partial charge in [0.05, 0.1) is 6.61 Å². The van der Waals surface area contributed by atoms with Gasteiger partial charge in [0.25, 0.3) is 0 Å². The Balaban J connectivity index is 4.22. The highest BCUT2D eigenvalue weighted by molar-refractivity contribution is 4.73. The first-order valence-electron chi connectivity index (χ1n) is 7.84. The molecule has 0 fully saturated rings. The summed E-state index contributed by atoms with van der Waals surface area (Å²) in [5.41, 5.74) is 0.